The van der Waals surface area contributed by atoms with E-state index in [1.165, 1.54) is 12.1 Å². The number of carbonyl (C=O) groups excluding carboxylic acids is 2. The molecular formula is C11H10FN3O2. The third kappa shape index (κ3) is 1.90. The number of amides is 2. The molecule has 17 heavy (non-hydrogen) atoms. The smallest absolute Gasteiger partial charge is 0.312 e. The van der Waals surface area contributed by atoms with Crippen molar-refractivity contribution in [3.63, 3.8) is 0 Å². The van der Waals surface area contributed by atoms with Crippen molar-refractivity contribution in [3.05, 3.63) is 47.9 Å². The van der Waals surface area contributed by atoms with Crippen LogP contribution in [0.4, 0.5) is 9.18 Å². The minimum atomic E-state index is -2.14. The van der Waals surface area contributed by atoms with E-state index in [-0.39, 0.29) is 5.56 Å². The van der Waals surface area contributed by atoms with Crippen molar-refractivity contribution in [3.8, 4) is 0 Å². The van der Waals surface area contributed by atoms with Crippen molar-refractivity contribution in [1.82, 2.24) is 10.6 Å². The molecule has 4 N–H and O–H groups in total. The number of halogens is 1. The molecule has 0 bridgehead atoms. The Labute approximate surface area is 96.5 Å². The molecule has 2 amide bonds. The largest absolute Gasteiger partial charge is 0.320 e. The Morgan fingerprint density at radius 1 is 1.29 bits per heavy atom. The van der Waals surface area contributed by atoms with Gasteiger partial charge in [0, 0.05) is 11.8 Å². The fourth-order valence-corrected chi connectivity index (χ4v) is 1.50. The van der Waals surface area contributed by atoms with Gasteiger partial charge in [0.25, 0.3) is 0 Å². The summed E-state index contributed by atoms with van der Waals surface area (Å²) in [6, 6.07) is 7.24. The SMILES string of the molecule is NC1(C(=O)c2ccccc2)NC(=O)NC=C1F. The molecule has 1 aromatic carbocycles. The number of benzene rings is 1. The molecule has 0 radical (unpaired) electrons. The van der Waals surface area contributed by atoms with E-state index in [0.29, 0.717) is 0 Å². The van der Waals surface area contributed by atoms with E-state index in [0.717, 1.165) is 6.20 Å². The Hall–Kier alpha value is -2.21. The Kier molecular flexibility index (Phi) is 2.64. The highest BCUT2D eigenvalue weighted by molar-refractivity contribution is 6.07. The first-order valence-electron chi connectivity index (χ1n) is 4.87. The van der Waals surface area contributed by atoms with E-state index in [2.05, 4.69) is 10.6 Å². The summed E-state index contributed by atoms with van der Waals surface area (Å²) in [6.07, 6.45) is 0.777. The van der Waals surface area contributed by atoms with Gasteiger partial charge in [-0.05, 0) is 0 Å². The van der Waals surface area contributed by atoms with Crippen molar-refractivity contribution < 1.29 is 14.0 Å². The summed E-state index contributed by atoms with van der Waals surface area (Å²) in [5.41, 5.74) is 3.69. The molecule has 1 unspecified atom stereocenters. The molecule has 0 saturated heterocycles. The number of Topliss-reactive ketones (excluding diaryl/α,β-unsaturated/α-hetero) is 1. The summed E-state index contributed by atoms with van der Waals surface area (Å²) in [6.45, 7) is 0. The molecule has 2 rings (SSSR count). The molecule has 0 saturated carbocycles. The summed E-state index contributed by atoms with van der Waals surface area (Å²) in [4.78, 5) is 23.1. The van der Waals surface area contributed by atoms with Crippen LogP contribution in [-0.4, -0.2) is 17.5 Å². The summed E-state index contributed by atoms with van der Waals surface area (Å²) >= 11 is 0. The van der Waals surface area contributed by atoms with Crippen LogP contribution in [-0.2, 0) is 0 Å². The van der Waals surface area contributed by atoms with Crippen LogP contribution in [0.15, 0.2) is 42.4 Å². The number of carbonyl (C=O) groups is 2. The van der Waals surface area contributed by atoms with Crippen LogP contribution in [0.1, 0.15) is 10.4 Å². The van der Waals surface area contributed by atoms with Crippen LogP contribution >= 0.6 is 0 Å². The topological polar surface area (TPSA) is 84.2 Å². The Morgan fingerprint density at radius 2 is 1.94 bits per heavy atom. The van der Waals surface area contributed by atoms with Crippen molar-refractivity contribution in [1.29, 1.82) is 0 Å². The highest BCUT2D eigenvalue weighted by Crippen LogP contribution is 2.20. The molecule has 0 aliphatic carbocycles. The molecule has 0 fully saturated rings. The van der Waals surface area contributed by atoms with Crippen LogP contribution < -0.4 is 16.4 Å². The van der Waals surface area contributed by atoms with Gasteiger partial charge >= 0.3 is 6.03 Å². The van der Waals surface area contributed by atoms with Gasteiger partial charge in [-0.3, -0.25) is 10.5 Å². The van der Waals surface area contributed by atoms with Crippen LogP contribution in [0.3, 0.4) is 0 Å². The van der Waals surface area contributed by atoms with Gasteiger partial charge in [0.05, 0.1) is 0 Å². The average molecular weight is 235 g/mol. The van der Waals surface area contributed by atoms with E-state index in [9.17, 15) is 14.0 Å². The van der Waals surface area contributed by atoms with Crippen molar-refractivity contribution in [2.24, 2.45) is 5.73 Å². The second-order valence-corrected chi connectivity index (χ2v) is 3.59. The number of rotatable bonds is 2. The zero-order chi connectivity index (χ0) is 12.5. The number of nitrogens with one attached hydrogen (secondary N) is 2. The van der Waals surface area contributed by atoms with Gasteiger partial charge in [0.1, 0.15) is 0 Å². The highest BCUT2D eigenvalue weighted by atomic mass is 19.1. The number of hydrogen-bond donors (Lipinski definition) is 3. The molecule has 0 spiro atoms. The minimum Gasteiger partial charge on any atom is -0.312 e. The third-order valence-electron chi connectivity index (χ3n) is 2.41. The first-order chi connectivity index (χ1) is 8.04. The monoisotopic (exact) mass is 235 g/mol. The normalized spacial score (nSPS) is 23.4. The zero-order valence-corrected chi connectivity index (χ0v) is 8.74. The Morgan fingerprint density at radius 3 is 2.59 bits per heavy atom. The van der Waals surface area contributed by atoms with Gasteiger partial charge in [-0.25, -0.2) is 9.18 Å². The van der Waals surface area contributed by atoms with Gasteiger partial charge in [0.15, 0.2) is 5.83 Å². The number of urea groups is 1. The Bertz CT molecular complexity index is 501. The summed E-state index contributed by atoms with van der Waals surface area (Å²) in [7, 11) is 0. The van der Waals surface area contributed by atoms with E-state index in [1.807, 2.05) is 0 Å². The second kappa shape index (κ2) is 3.99. The standard InChI is InChI=1S/C11H10FN3O2/c12-8-6-14-10(17)15-11(8,13)9(16)7-4-2-1-3-5-7/h1-6H,13H2,(H2,14,15,17). The third-order valence-corrected chi connectivity index (χ3v) is 2.41. The van der Waals surface area contributed by atoms with Gasteiger partial charge in [-0.1, -0.05) is 30.3 Å². The fraction of sp³-hybridized carbons (Fsp3) is 0.0909. The Balaban J connectivity index is 2.39. The minimum absolute atomic E-state index is 0.223. The van der Waals surface area contributed by atoms with Crippen LogP contribution in [0.2, 0.25) is 0 Å². The first kappa shape index (κ1) is 11.3. The molecule has 88 valence electrons. The number of hydrogen-bond acceptors (Lipinski definition) is 3. The van der Waals surface area contributed by atoms with E-state index in [4.69, 9.17) is 5.73 Å². The lowest BCUT2D eigenvalue weighted by atomic mass is 9.96. The van der Waals surface area contributed by atoms with Gasteiger partial charge in [0.2, 0.25) is 11.4 Å². The molecule has 1 aliphatic heterocycles. The van der Waals surface area contributed by atoms with E-state index in [1.54, 1.807) is 18.2 Å². The molecular weight excluding hydrogens is 225 g/mol. The molecule has 0 aromatic heterocycles. The predicted molar refractivity (Wildman–Crippen MR) is 58.5 cm³/mol. The molecule has 1 heterocycles. The lowest BCUT2D eigenvalue weighted by molar-refractivity contribution is 0.0867. The lowest BCUT2D eigenvalue weighted by Crippen LogP contribution is -2.66. The van der Waals surface area contributed by atoms with Gasteiger partial charge < -0.3 is 10.6 Å². The molecule has 1 aromatic rings. The van der Waals surface area contributed by atoms with Gasteiger partial charge in [-0.2, -0.15) is 0 Å². The quantitative estimate of drug-likeness (QED) is 0.658. The van der Waals surface area contributed by atoms with E-state index >= 15 is 0 Å². The van der Waals surface area contributed by atoms with Crippen molar-refractivity contribution >= 4 is 11.8 Å². The first-order valence-corrected chi connectivity index (χ1v) is 4.87. The molecule has 1 aliphatic rings. The molecule has 5 nitrogen and oxygen atoms in total. The maximum absolute atomic E-state index is 13.6. The zero-order valence-electron chi connectivity index (χ0n) is 8.74. The maximum Gasteiger partial charge on any atom is 0.320 e. The van der Waals surface area contributed by atoms with Crippen LogP contribution in [0, 0.1) is 0 Å². The van der Waals surface area contributed by atoms with Crippen molar-refractivity contribution in [2.45, 2.75) is 5.66 Å². The van der Waals surface area contributed by atoms with Crippen LogP contribution in [0.5, 0.6) is 0 Å². The summed E-state index contributed by atoms with van der Waals surface area (Å²) in [5.74, 6) is -1.65. The van der Waals surface area contributed by atoms with Crippen LogP contribution in [0.25, 0.3) is 0 Å². The predicted octanol–water partition coefficient (Wildman–Crippen LogP) is 0.648. The van der Waals surface area contributed by atoms with E-state index < -0.39 is 23.3 Å². The number of ketones is 1. The summed E-state index contributed by atoms with van der Waals surface area (Å²) < 4.78 is 13.6. The number of nitrogens with two attached hydrogens (primary N) is 1. The highest BCUT2D eigenvalue weighted by Gasteiger charge is 2.43. The average Bonchev–Trinajstić information content (AvgIpc) is 2.34. The van der Waals surface area contributed by atoms with Crippen molar-refractivity contribution in [2.75, 3.05) is 0 Å². The summed E-state index contributed by atoms with van der Waals surface area (Å²) in [5, 5.41) is 4.15. The lowest BCUT2D eigenvalue weighted by Gasteiger charge is -2.30. The maximum atomic E-state index is 13.6. The fourth-order valence-electron chi connectivity index (χ4n) is 1.50. The molecule has 1 atom stereocenters. The second-order valence-electron chi connectivity index (χ2n) is 3.59. The molecule has 6 heteroatoms. The van der Waals surface area contributed by atoms with Gasteiger partial charge in [-0.15, -0.1) is 0 Å².